The van der Waals surface area contributed by atoms with Crippen LogP contribution in [0.4, 0.5) is 14.9 Å². The fraction of sp³-hybridized carbons (Fsp3) is 0.227. The molecule has 0 saturated carbocycles. The number of rotatable bonds is 4. The molecule has 1 fully saturated rings. The number of hydrogen-bond donors (Lipinski definition) is 0. The highest BCUT2D eigenvalue weighted by Crippen LogP contribution is 2.46. The van der Waals surface area contributed by atoms with Gasteiger partial charge in [-0.2, -0.15) is 10.5 Å². The van der Waals surface area contributed by atoms with Gasteiger partial charge in [0.25, 0.3) is 5.91 Å². The third-order valence-corrected chi connectivity index (χ3v) is 7.07. The number of hydrogen-bond acceptors (Lipinski definition) is 6. The molecule has 160 valence electrons. The van der Waals surface area contributed by atoms with Crippen molar-refractivity contribution in [1.29, 1.82) is 10.5 Å². The molecule has 0 bridgehead atoms. The molecule has 7 nitrogen and oxygen atoms in total. The Morgan fingerprint density at radius 2 is 2.06 bits per heavy atom. The van der Waals surface area contributed by atoms with Crippen molar-refractivity contribution in [3.05, 3.63) is 64.2 Å². The smallest absolute Gasteiger partial charge is 0.315 e. The van der Waals surface area contributed by atoms with E-state index < -0.39 is 29.0 Å². The lowest BCUT2D eigenvalue weighted by Crippen LogP contribution is -2.62. The highest BCUT2D eigenvalue weighted by atomic mass is 35.5. The lowest BCUT2D eigenvalue weighted by atomic mass is 10.0. The molecule has 1 saturated heterocycles. The van der Waals surface area contributed by atoms with Crippen LogP contribution >= 0.6 is 23.4 Å². The van der Waals surface area contributed by atoms with Gasteiger partial charge in [0.05, 0.1) is 47.1 Å². The van der Waals surface area contributed by atoms with Crippen LogP contribution in [0.1, 0.15) is 23.1 Å². The van der Waals surface area contributed by atoms with E-state index in [0.29, 0.717) is 21.1 Å². The molecule has 0 spiro atoms. The van der Waals surface area contributed by atoms with Crippen LogP contribution in [0.25, 0.3) is 4.91 Å². The molecule has 0 N–H and O–H groups in total. The van der Waals surface area contributed by atoms with Crippen molar-refractivity contribution < 1.29 is 14.0 Å². The normalized spacial score (nSPS) is 20.0. The van der Waals surface area contributed by atoms with E-state index in [1.165, 1.54) is 41.2 Å². The largest absolute Gasteiger partial charge is 0.332 e. The zero-order valence-corrected chi connectivity index (χ0v) is 18.3. The highest BCUT2D eigenvalue weighted by Gasteiger charge is 2.50. The van der Waals surface area contributed by atoms with Crippen LogP contribution in [0.2, 0.25) is 5.02 Å². The molecule has 2 aliphatic rings. The first-order valence-corrected chi connectivity index (χ1v) is 10.8. The fourth-order valence-electron chi connectivity index (χ4n) is 3.74. The van der Waals surface area contributed by atoms with Crippen LogP contribution in [-0.4, -0.2) is 39.7 Å². The van der Waals surface area contributed by atoms with E-state index in [0.717, 1.165) is 11.0 Å². The number of pyridine rings is 1. The Bertz CT molecular complexity index is 1250. The van der Waals surface area contributed by atoms with Gasteiger partial charge in [0.1, 0.15) is 11.1 Å². The summed E-state index contributed by atoms with van der Waals surface area (Å²) in [6.07, 6.45) is 4.65. The molecule has 3 heterocycles. The second kappa shape index (κ2) is 8.62. The number of aromatic nitrogens is 1. The van der Waals surface area contributed by atoms with Gasteiger partial charge in [-0.1, -0.05) is 11.6 Å². The van der Waals surface area contributed by atoms with E-state index >= 15 is 0 Å². The van der Waals surface area contributed by atoms with E-state index in [1.807, 2.05) is 12.1 Å². The molecule has 2 unspecified atom stereocenters. The zero-order chi connectivity index (χ0) is 23.0. The minimum atomic E-state index is -0.698. The molecule has 1 aromatic carbocycles. The number of carbonyl (C=O) groups excluding carboxylic acids is 2. The standard InChI is InChI=1S/C22H15ClFN5O2S/c1-12-16(23)10-27-11-18(12)29-21(30)20-17(28(22(29)31)6-2-5-25)8-19(32-20)15-4-3-14(24)7-13(15)9-26/h3-4,7-8,10-11,17,20H,2,6H2,1H3. The first-order chi connectivity index (χ1) is 15.4. The summed E-state index contributed by atoms with van der Waals surface area (Å²) < 4.78 is 13.6. The predicted molar refractivity (Wildman–Crippen MR) is 118 cm³/mol. The molecular weight excluding hydrogens is 453 g/mol. The van der Waals surface area contributed by atoms with Crippen molar-refractivity contribution in [2.75, 3.05) is 11.4 Å². The minimum Gasteiger partial charge on any atom is -0.315 e. The van der Waals surface area contributed by atoms with Crippen molar-refractivity contribution in [1.82, 2.24) is 9.88 Å². The van der Waals surface area contributed by atoms with Crippen molar-refractivity contribution >= 4 is 45.9 Å². The lowest BCUT2D eigenvalue weighted by Gasteiger charge is -2.41. The Labute approximate surface area is 192 Å². The first-order valence-electron chi connectivity index (χ1n) is 9.57. The third kappa shape index (κ3) is 3.60. The Kier molecular flexibility index (Phi) is 5.88. The number of nitrogens with zero attached hydrogens (tertiary/aromatic N) is 5. The molecule has 2 atom stereocenters. The monoisotopic (exact) mass is 467 g/mol. The summed E-state index contributed by atoms with van der Waals surface area (Å²) in [5.41, 5.74) is 1.43. The minimum absolute atomic E-state index is 0.0810. The van der Waals surface area contributed by atoms with Gasteiger partial charge < -0.3 is 4.90 Å². The molecule has 0 radical (unpaired) electrons. The second-order valence-electron chi connectivity index (χ2n) is 7.18. The summed E-state index contributed by atoms with van der Waals surface area (Å²) in [4.78, 5) is 33.9. The van der Waals surface area contributed by atoms with Gasteiger partial charge in [0.15, 0.2) is 0 Å². The van der Waals surface area contributed by atoms with Crippen molar-refractivity contribution in [3.8, 4) is 12.1 Å². The quantitative estimate of drug-likeness (QED) is 0.665. The summed E-state index contributed by atoms with van der Waals surface area (Å²) in [7, 11) is 0. The average molecular weight is 468 g/mol. The summed E-state index contributed by atoms with van der Waals surface area (Å²) in [6, 6.07) is 6.68. The van der Waals surface area contributed by atoms with Crippen molar-refractivity contribution in [2.45, 2.75) is 24.6 Å². The van der Waals surface area contributed by atoms with Crippen LogP contribution in [-0.2, 0) is 4.79 Å². The number of carbonyl (C=O) groups is 2. The lowest BCUT2D eigenvalue weighted by molar-refractivity contribution is -0.119. The van der Waals surface area contributed by atoms with Crippen LogP contribution in [0.3, 0.4) is 0 Å². The Morgan fingerprint density at radius 1 is 1.28 bits per heavy atom. The number of benzene rings is 1. The number of nitriles is 2. The second-order valence-corrected chi connectivity index (χ2v) is 8.78. The number of thioether (sulfide) groups is 1. The van der Waals surface area contributed by atoms with Crippen molar-refractivity contribution in [3.63, 3.8) is 0 Å². The van der Waals surface area contributed by atoms with E-state index in [-0.39, 0.29) is 24.2 Å². The zero-order valence-electron chi connectivity index (χ0n) is 16.7. The molecule has 32 heavy (non-hydrogen) atoms. The van der Waals surface area contributed by atoms with E-state index in [1.54, 1.807) is 13.0 Å². The van der Waals surface area contributed by atoms with Crippen LogP contribution in [0.5, 0.6) is 0 Å². The van der Waals surface area contributed by atoms with Gasteiger partial charge in [-0.3, -0.25) is 9.78 Å². The number of halogens is 2. The van der Waals surface area contributed by atoms with Gasteiger partial charge >= 0.3 is 6.03 Å². The fourth-order valence-corrected chi connectivity index (χ4v) is 5.27. The van der Waals surface area contributed by atoms with E-state index in [2.05, 4.69) is 4.98 Å². The highest BCUT2D eigenvalue weighted by molar-refractivity contribution is 8.09. The molecule has 1 aromatic heterocycles. The number of imide groups is 1. The van der Waals surface area contributed by atoms with E-state index in [4.69, 9.17) is 16.9 Å². The Hall–Kier alpha value is -3.40. The van der Waals surface area contributed by atoms with E-state index in [9.17, 15) is 19.2 Å². The Balaban J connectivity index is 1.78. The summed E-state index contributed by atoms with van der Waals surface area (Å²) >= 11 is 7.37. The molecule has 2 aromatic rings. The number of urea groups is 1. The maximum Gasteiger partial charge on any atom is 0.332 e. The average Bonchev–Trinajstić information content (AvgIpc) is 3.22. The SMILES string of the molecule is Cc1c(Cl)cncc1N1C(=O)C2SC(c3ccc(F)cc3C#N)=CC2N(CCC#N)C1=O. The van der Waals surface area contributed by atoms with Crippen LogP contribution in [0.15, 0.2) is 36.7 Å². The van der Waals surface area contributed by atoms with Gasteiger partial charge in [-0.05, 0) is 36.8 Å². The molecule has 4 rings (SSSR count). The van der Waals surface area contributed by atoms with Crippen LogP contribution < -0.4 is 4.90 Å². The number of anilines is 1. The summed E-state index contributed by atoms with van der Waals surface area (Å²) in [5.74, 6) is -0.986. The predicted octanol–water partition coefficient (Wildman–Crippen LogP) is 4.26. The number of amides is 3. The van der Waals surface area contributed by atoms with Gasteiger partial charge in [-0.15, -0.1) is 11.8 Å². The van der Waals surface area contributed by atoms with Crippen LogP contribution in [0, 0.1) is 35.4 Å². The summed E-state index contributed by atoms with van der Waals surface area (Å²) in [6.45, 7) is 1.81. The molecular formula is C22H15ClFN5O2S. The van der Waals surface area contributed by atoms with Gasteiger partial charge in [0.2, 0.25) is 0 Å². The Morgan fingerprint density at radius 3 is 2.78 bits per heavy atom. The van der Waals surface area contributed by atoms with Gasteiger partial charge in [-0.25, -0.2) is 14.1 Å². The van der Waals surface area contributed by atoms with Crippen molar-refractivity contribution in [2.24, 2.45) is 0 Å². The molecule has 10 heteroatoms. The van der Waals surface area contributed by atoms with Gasteiger partial charge in [0, 0.05) is 23.2 Å². The first kappa shape index (κ1) is 21.8. The third-order valence-electron chi connectivity index (χ3n) is 5.35. The maximum atomic E-state index is 13.6. The maximum absolute atomic E-state index is 13.6. The topological polar surface area (TPSA) is 101 Å². The molecule has 3 amide bonds. The molecule has 2 aliphatic heterocycles. The number of fused-ring (bicyclic) bond motifs is 1. The summed E-state index contributed by atoms with van der Waals surface area (Å²) in [5, 5.41) is 18.1. The molecule has 0 aliphatic carbocycles.